The largest absolute Gasteiger partial charge is 0.468 e. The predicted molar refractivity (Wildman–Crippen MR) is 84.6 cm³/mol. The van der Waals surface area contributed by atoms with Gasteiger partial charge in [-0.15, -0.1) is 0 Å². The fourth-order valence-electron chi connectivity index (χ4n) is 3.87. The van der Waals surface area contributed by atoms with Gasteiger partial charge in [0, 0.05) is 11.5 Å². The maximum atomic E-state index is 12.6. The molecule has 1 N–H and O–H groups in total. The van der Waals surface area contributed by atoms with Crippen molar-refractivity contribution in [1.82, 2.24) is 5.32 Å². The minimum atomic E-state index is -0.451. The summed E-state index contributed by atoms with van der Waals surface area (Å²) < 4.78 is 10.3. The molecule has 1 heterocycles. The molecule has 3 atom stereocenters. The molecule has 1 aromatic carbocycles. The van der Waals surface area contributed by atoms with Gasteiger partial charge in [0.05, 0.1) is 19.6 Å². The minimum absolute atomic E-state index is 0.222. The zero-order chi connectivity index (χ0) is 16.6. The Hall–Kier alpha value is -1.88. The lowest BCUT2D eigenvalue weighted by Gasteiger charge is -2.23. The van der Waals surface area contributed by atoms with Crippen molar-refractivity contribution in [3.8, 4) is 0 Å². The lowest BCUT2D eigenvalue weighted by molar-refractivity contribution is -0.151. The van der Waals surface area contributed by atoms with Gasteiger partial charge in [-0.1, -0.05) is 29.8 Å². The number of carbonyl (C=O) groups is 2. The second-order valence-corrected chi connectivity index (χ2v) is 6.48. The molecule has 1 aliphatic heterocycles. The van der Waals surface area contributed by atoms with Gasteiger partial charge < -0.3 is 9.47 Å². The van der Waals surface area contributed by atoms with Crippen LogP contribution in [0.25, 0.3) is 0 Å². The Morgan fingerprint density at radius 2 is 2.04 bits per heavy atom. The molecule has 2 aliphatic rings. The molecule has 1 spiro atoms. The van der Waals surface area contributed by atoms with Gasteiger partial charge in [0.25, 0.3) is 0 Å². The molecule has 0 amide bonds. The van der Waals surface area contributed by atoms with E-state index in [0.29, 0.717) is 6.61 Å². The van der Waals surface area contributed by atoms with E-state index in [0.717, 1.165) is 24.0 Å². The van der Waals surface area contributed by atoms with Crippen molar-refractivity contribution < 1.29 is 19.1 Å². The summed E-state index contributed by atoms with van der Waals surface area (Å²) in [5.41, 5.74) is 1.77. The third-order valence-electron chi connectivity index (χ3n) is 5.08. The van der Waals surface area contributed by atoms with Crippen molar-refractivity contribution >= 4 is 11.9 Å². The first kappa shape index (κ1) is 16.0. The Morgan fingerprint density at radius 3 is 2.61 bits per heavy atom. The minimum Gasteiger partial charge on any atom is -0.468 e. The number of methoxy groups -OCH3 is 1. The average Bonchev–Trinajstić information content (AvgIpc) is 3.22. The van der Waals surface area contributed by atoms with Gasteiger partial charge in [-0.05, 0) is 32.3 Å². The average molecular weight is 317 g/mol. The van der Waals surface area contributed by atoms with Crippen LogP contribution in [0.15, 0.2) is 24.3 Å². The summed E-state index contributed by atoms with van der Waals surface area (Å²) in [4.78, 5) is 24.8. The molecular weight excluding hydrogens is 294 g/mol. The molecule has 23 heavy (non-hydrogen) atoms. The molecule has 0 radical (unpaired) electrons. The molecule has 0 aromatic heterocycles. The number of esters is 2. The lowest BCUT2D eigenvalue weighted by atomic mass is 9.81. The summed E-state index contributed by atoms with van der Waals surface area (Å²) in [5, 5.41) is 3.35. The quantitative estimate of drug-likeness (QED) is 0.862. The first-order chi connectivity index (χ1) is 11.0. The van der Waals surface area contributed by atoms with E-state index in [1.807, 2.05) is 25.1 Å². The van der Waals surface area contributed by atoms with Crippen LogP contribution in [0.1, 0.15) is 36.9 Å². The van der Waals surface area contributed by atoms with Crippen molar-refractivity contribution in [1.29, 1.82) is 0 Å². The second-order valence-electron chi connectivity index (χ2n) is 6.48. The van der Waals surface area contributed by atoms with Crippen LogP contribution in [0, 0.1) is 18.3 Å². The highest BCUT2D eigenvalue weighted by Gasteiger charge is 2.67. The predicted octanol–water partition coefficient (Wildman–Crippen LogP) is 2.14. The van der Waals surface area contributed by atoms with Crippen LogP contribution in [0.5, 0.6) is 0 Å². The highest BCUT2D eigenvalue weighted by atomic mass is 16.5. The van der Waals surface area contributed by atoms with Gasteiger partial charge >= 0.3 is 11.9 Å². The van der Waals surface area contributed by atoms with Crippen LogP contribution < -0.4 is 5.32 Å². The maximum Gasteiger partial charge on any atom is 0.323 e. The van der Waals surface area contributed by atoms with Crippen LogP contribution in [0.2, 0.25) is 0 Å². The highest BCUT2D eigenvalue weighted by Crippen LogP contribution is 2.62. The number of hydrogen-bond donors (Lipinski definition) is 1. The molecule has 1 saturated heterocycles. The van der Waals surface area contributed by atoms with Crippen molar-refractivity contribution in [3.05, 3.63) is 35.4 Å². The van der Waals surface area contributed by atoms with Gasteiger partial charge in [0.15, 0.2) is 0 Å². The molecule has 0 bridgehead atoms. The summed E-state index contributed by atoms with van der Waals surface area (Å²) in [7, 11) is 1.39. The summed E-state index contributed by atoms with van der Waals surface area (Å²) in [6, 6.07) is 7.36. The van der Waals surface area contributed by atoms with Gasteiger partial charge in [-0.25, -0.2) is 0 Å². The molecule has 1 aromatic rings. The summed E-state index contributed by atoms with van der Waals surface area (Å²) in [6.45, 7) is 4.16. The van der Waals surface area contributed by atoms with E-state index in [4.69, 9.17) is 9.47 Å². The molecular formula is C18H23NO4. The Labute approximate surface area is 136 Å². The molecule has 3 rings (SSSR count). The van der Waals surface area contributed by atoms with Crippen LogP contribution in [0.4, 0.5) is 0 Å². The van der Waals surface area contributed by atoms with E-state index in [2.05, 4.69) is 11.4 Å². The molecule has 1 aliphatic carbocycles. The third-order valence-corrected chi connectivity index (χ3v) is 5.08. The summed E-state index contributed by atoms with van der Waals surface area (Å²) in [6.07, 6.45) is 1.68. The monoisotopic (exact) mass is 317 g/mol. The number of rotatable bonds is 4. The normalized spacial score (nSPS) is 27.7. The fourth-order valence-corrected chi connectivity index (χ4v) is 3.87. The number of hydrogen-bond acceptors (Lipinski definition) is 5. The first-order valence-corrected chi connectivity index (χ1v) is 8.10. The van der Waals surface area contributed by atoms with Crippen LogP contribution in [-0.2, 0) is 19.1 Å². The molecule has 1 saturated carbocycles. The topological polar surface area (TPSA) is 64.6 Å². The zero-order valence-corrected chi connectivity index (χ0v) is 13.8. The van der Waals surface area contributed by atoms with Crippen LogP contribution in [0.3, 0.4) is 0 Å². The van der Waals surface area contributed by atoms with Gasteiger partial charge in [-0.3, -0.25) is 14.9 Å². The Bertz CT molecular complexity index is 623. The molecule has 5 heteroatoms. The molecule has 5 nitrogen and oxygen atoms in total. The number of nitrogens with one attached hydrogen (secondary N) is 1. The van der Waals surface area contributed by atoms with Crippen molar-refractivity contribution in [2.45, 2.75) is 38.8 Å². The maximum absolute atomic E-state index is 12.6. The third kappa shape index (κ3) is 2.63. The van der Waals surface area contributed by atoms with E-state index < -0.39 is 6.04 Å². The van der Waals surface area contributed by atoms with Crippen molar-refractivity contribution in [3.63, 3.8) is 0 Å². The first-order valence-electron chi connectivity index (χ1n) is 8.10. The number of ether oxygens (including phenoxy) is 2. The number of aryl methyl sites for hydroxylation is 1. The van der Waals surface area contributed by atoms with Gasteiger partial charge in [0.2, 0.25) is 0 Å². The fraction of sp³-hybridized carbons (Fsp3) is 0.556. The van der Waals surface area contributed by atoms with Crippen LogP contribution >= 0.6 is 0 Å². The molecule has 124 valence electrons. The zero-order valence-electron chi connectivity index (χ0n) is 13.8. The van der Waals surface area contributed by atoms with Crippen molar-refractivity contribution in [2.24, 2.45) is 11.3 Å². The Morgan fingerprint density at radius 1 is 1.30 bits per heavy atom. The Balaban J connectivity index is 1.99. The smallest absolute Gasteiger partial charge is 0.323 e. The highest BCUT2D eigenvalue weighted by molar-refractivity contribution is 5.83. The molecule has 2 fully saturated rings. The number of benzene rings is 1. The summed E-state index contributed by atoms with van der Waals surface area (Å²) in [5.74, 6) is -0.879. The summed E-state index contributed by atoms with van der Waals surface area (Å²) >= 11 is 0. The van der Waals surface area contributed by atoms with Crippen LogP contribution in [-0.4, -0.2) is 31.7 Å². The van der Waals surface area contributed by atoms with E-state index in [9.17, 15) is 9.59 Å². The lowest BCUT2D eigenvalue weighted by Crippen LogP contribution is -2.39. The van der Waals surface area contributed by atoms with Crippen molar-refractivity contribution in [2.75, 3.05) is 13.7 Å². The SMILES string of the molecule is CCOC(=O)[C@H]1[C@@H](c2cccc(C)c2)N[C@@H](C(=O)OC)C12CC2. The van der Waals surface area contributed by atoms with E-state index in [-0.39, 0.29) is 29.3 Å². The number of carbonyl (C=O) groups excluding carboxylic acids is 2. The van der Waals surface area contributed by atoms with E-state index >= 15 is 0 Å². The molecule has 0 unspecified atom stereocenters. The van der Waals surface area contributed by atoms with E-state index in [1.54, 1.807) is 6.92 Å². The van der Waals surface area contributed by atoms with Gasteiger partial charge in [0.1, 0.15) is 6.04 Å². The van der Waals surface area contributed by atoms with Gasteiger partial charge in [-0.2, -0.15) is 0 Å². The second kappa shape index (κ2) is 5.96. The Kier molecular flexibility index (Phi) is 4.15. The standard InChI is InChI=1S/C18H23NO4/c1-4-23-16(20)13-14(12-7-5-6-11(2)10-12)19-15(17(21)22-3)18(13)8-9-18/h5-7,10,13-15,19H,4,8-9H2,1-3H3/t13-,14-,15+/m1/s1. The van der Waals surface area contributed by atoms with E-state index in [1.165, 1.54) is 7.11 Å².